The summed E-state index contributed by atoms with van der Waals surface area (Å²) in [4.78, 5) is 14.4. The highest BCUT2D eigenvalue weighted by atomic mass is 19.4. The van der Waals surface area contributed by atoms with Crippen molar-refractivity contribution >= 4 is 23.1 Å². The van der Waals surface area contributed by atoms with Crippen LogP contribution in [0.3, 0.4) is 0 Å². The smallest absolute Gasteiger partial charge is 0.365 e. The number of nitrogens with one attached hydrogen (secondary N) is 3. The van der Waals surface area contributed by atoms with E-state index in [9.17, 15) is 39.9 Å². The number of carbonyl (C=O) groups excluding carboxylic acids is 1. The van der Waals surface area contributed by atoms with Gasteiger partial charge in [0.15, 0.2) is 5.82 Å². The second-order valence-corrected chi connectivity index (χ2v) is 11.7. The van der Waals surface area contributed by atoms with Gasteiger partial charge in [0, 0.05) is 24.3 Å². The van der Waals surface area contributed by atoms with E-state index in [0.29, 0.717) is 22.3 Å². The number of tetrazole rings is 1. The quantitative estimate of drug-likeness (QED) is 0.126. The Morgan fingerprint density at radius 3 is 2.30 bits per heavy atom. The molecule has 0 unspecified atom stereocenters. The van der Waals surface area contributed by atoms with Crippen LogP contribution in [0.25, 0.3) is 22.5 Å². The van der Waals surface area contributed by atoms with Gasteiger partial charge in [0.25, 0.3) is 0 Å². The Labute approximate surface area is 279 Å². The molecule has 3 N–H and O–H groups in total. The van der Waals surface area contributed by atoms with Crippen LogP contribution in [0.5, 0.6) is 0 Å². The first-order chi connectivity index (χ1) is 23.7. The van der Waals surface area contributed by atoms with Gasteiger partial charge >= 0.3 is 18.4 Å². The maximum absolute atomic E-state index is 14.7. The zero-order chi connectivity index (χ0) is 35.6. The van der Waals surface area contributed by atoms with E-state index < -0.39 is 60.7 Å². The van der Waals surface area contributed by atoms with E-state index in [-0.39, 0.29) is 34.9 Å². The van der Waals surface area contributed by atoms with Gasteiger partial charge in [-0.1, -0.05) is 42.5 Å². The summed E-state index contributed by atoms with van der Waals surface area (Å²) in [6.07, 6.45) is -9.42. The number of rotatable bonds is 10. The van der Waals surface area contributed by atoms with Crippen LogP contribution in [0.4, 0.5) is 57.0 Å². The molecule has 5 aromatic rings. The summed E-state index contributed by atoms with van der Waals surface area (Å²) in [5, 5.41) is 18.8. The van der Waals surface area contributed by atoms with Gasteiger partial charge in [0.2, 0.25) is 0 Å². The van der Waals surface area contributed by atoms with Gasteiger partial charge in [-0.25, -0.2) is 18.7 Å². The first-order valence-electron chi connectivity index (χ1n) is 15.3. The average molecular weight is 702 g/mol. The predicted molar refractivity (Wildman–Crippen MR) is 169 cm³/mol. The standard InChI is InChI=1S/C34H27F8N7O/c35-22-9-7-21(27(16-22)34(40,41)42)18-49(14-13-33(37,38)39)30-12-8-20(24-3-1-2-4-26(24)31-45-47-48-46-31)15-29(30)44-32(50)43-23-10-11-25(19-5-6-19)28(36)17-23/h1-4,7-12,15-17,19H,5-6,13-14,18H2,(H2,43,44,50)(H,45,46,47,48). The van der Waals surface area contributed by atoms with Crippen LogP contribution < -0.4 is 15.5 Å². The molecule has 16 heteroatoms. The number of amides is 2. The number of hydrogen-bond acceptors (Lipinski definition) is 5. The summed E-state index contributed by atoms with van der Waals surface area (Å²) < 4.78 is 111. The monoisotopic (exact) mass is 701 g/mol. The molecule has 1 aliphatic carbocycles. The third-order valence-corrected chi connectivity index (χ3v) is 8.10. The molecule has 4 aromatic carbocycles. The lowest BCUT2D eigenvalue weighted by atomic mass is 9.98. The van der Waals surface area contributed by atoms with Crippen molar-refractivity contribution < 1.29 is 39.9 Å². The van der Waals surface area contributed by atoms with Crippen LogP contribution in [0.15, 0.2) is 78.9 Å². The molecule has 1 heterocycles. The van der Waals surface area contributed by atoms with E-state index >= 15 is 0 Å². The Bertz CT molecular complexity index is 1990. The summed E-state index contributed by atoms with van der Waals surface area (Å²) in [7, 11) is 0. The van der Waals surface area contributed by atoms with Gasteiger partial charge in [-0.3, -0.25) is 0 Å². The fourth-order valence-electron chi connectivity index (χ4n) is 5.61. The largest absolute Gasteiger partial charge is 0.416 e. The zero-order valence-corrected chi connectivity index (χ0v) is 25.8. The number of nitrogens with zero attached hydrogens (tertiary/aromatic N) is 4. The summed E-state index contributed by atoms with van der Waals surface area (Å²) in [5.41, 5.74) is 0.119. The molecular weight excluding hydrogens is 674 g/mol. The Hall–Kier alpha value is -5.54. The van der Waals surface area contributed by atoms with E-state index in [2.05, 4.69) is 31.3 Å². The van der Waals surface area contributed by atoms with Gasteiger partial charge in [0.1, 0.15) is 11.6 Å². The molecule has 1 aliphatic rings. The van der Waals surface area contributed by atoms with Crippen molar-refractivity contribution in [2.24, 2.45) is 0 Å². The number of anilines is 3. The van der Waals surface area contributed by atoms with Crippen LogP contribution >= 0.6 is 0 Å². The van der Waals surface area contributed by atoms with Gasteiger partial charge in [0.05, 0.1) is 23.4 Å². The number of urea groups is 1. The van der Waals surface area contributed by atoms with Crippen molar-refractivity contribution in [1.82, 2.24) is 20.6 Å². The van der Waals surface area contributed by atoms with Gasteiger partial charge in [-0.2, -0.15) is 26.3 Å². The molecule has 0 radical (unpaired) electrons. The van der Waals surface area contributed by atoms with Crippen LogP contribution in [0.1, 0.15) is 41.9 Å². The lowest BCUT2D eigenvalue weighted by Crippen LogP contribution is -2.30. The van der Waals surface area contributed by atoms with Crippen molar-refractivity contribution in [3.8, 4) is 22.5 Å². The fourth-order valence-corrected chi connectivity index (χ4v) is 5.61. The number of aromatic amines is 1. The number of halogens is 8. The summed E-state index contributed by atoms with van der Waals surface area (Å²) in [6.45, 7) is -1.54. The molecule has 1 aromatic heterocycles. The minimum atomic E-state index is -5.01. The van der Waals surface area contributed by atoms with Crippen LogP contribution in [-0.4, -0.2) is 39.4 Å². The number of hydrogen-bond donors (Lipinski definition) is 3. The number of alkyl halides is 6. The molecule has 6 rings (SSSR count). The number of benzene rings is 4. The lowest BCUT2D eigenvalue weighted by molar-refractivity contribution is -0.138. The highest BCUT2D eigenvalue weighted by Crippen LogP contribution is 2.42. The zero-order valence-electron chi connectivity index (χ0n) is 25.8. The predicted octanol–water partition coefficient (Wildman–Crippen LogP) is 9.31. The number of aromatic nitrogens is 4. The highest BCUT2D eigenvalue weighted by molar-refractivity contribution is 6.02. The molecule has 2 amide bonds. The maximum atomic E-state index is 14.7. The third-order valence-electron chi connectivity index (χ3n) is 8.10. The Kier molecular flexibility index (Phi) is 9.45. The van der Waals surface area contributed by atoms with Crippen molar-refractivity contribution in [3.05, 3.63) is 107 Å². The maximum Gasteiger partial charge on any atom is 0.416 e. The lowest BCUT2D eigenvalue weighted by Gasteiger charge is -2.29. The van der Waals surface area contributed by atoms with Gasteiger partial charge < -0.3 is 15.5 Å². The van der Waals surface area contributed by atoms with Crippen LogP contribution in [0, 0.1) is 11.6 Å². The minimum absolute atomic E-state index is 0.0697. The number of carbonyl (C=O) groups is 1. The van der Waals surface area contributed by atoms with E-state index in [4.69, 9.17) is 0 Å². The first kappa shape index (κ1) is 34.3. The Balaban J connectivity index is 1.41. The second kappa shape index (κ2) is 13.8. The van der Waals surface area contributed by atoms with E-state index in [1.807, 2.05) is 0 Å². The van der Waals surface area contributed by atoms with Crippen molar-refractivity contribution in [3.63, 3.8) is 0 Å². The molecule has 0 bridgehead atoms. The molecular formula is C34H27F8N7O. The van der Waals surface area contributed by atoms with E-state index in [1.165, 1.54) is 24.3 Å². The van der Waals surface area contributed by atoms with Crippen molar-refractivity contribution in [2.45, 2.75) is 44.1 Å². The highest BCUT2D eigenvalue weighted by Gasteiger charge is 2.35. The molecule has 0 aliphatic heterocycles. The third kappa shape index (κ3) is 8.18. The molecule has 0 atom stereocenters. The Morgan fingerprint density at radius 1 is 0.880 bits per heavy atom. The molecule has 8 nitrogen and oxygen atoms in total. The SMILES string of the molecule is O=C(Nc1ccc(C2CC2)c(F)c1)Nc1cc(-c2ccccc2-c2nnn[nH]2)ccc1N(CCC(F)(F)F)Cc1ccc(F)cc1C(F)(F)F. The molecule has 1 fully saturated rings. The number of H-pyrrole nitrogens is 1. The normalized spacial score (nSPS) is 13.3. The van der Waals surface area contributed by atoms with E-state index in [1.54, 1.807) is 30.3 Å². The van der Waals surface area contributed by atoms with Crippen LogP contribution in [0.2, 0.25) is 0 Å². The fraction of sp³-hybridized carbons (Fsp3) is 0.235. The minimum Gasteiger partial charge on any atom is -0.365 e. The first-order valence-corrected chi connectivity index (χ1v) is 15.3. The Morgan fingerprint density at radius 2 is 1.64 bits per heavy atom. The van der Waals surface area contributed by atoms with Gasteiger partial charge in [-0.05, 0) is 87.8 Å². The van der Waals surface area contributed by atoms with Crippen LogP contribution in [-0.2, 0) is 12.7 Å². The van der Waals surface area contributed by atoms with Gasteiger partial charge in [-0.15, -0.1) is 5.10 Å². The summed E-state index contributed by atoms with van der Waals surface area (Å²) >= 11 is 0. The topological polar surface area (TPSA) is 98.8 Å². The van der Waals surface area contributed by atoms with Crippen molar-refractivity contribution in [2.75, 3.05) is 22.1 Å². The molecule has 50 heavy (non-hydrogen) atoms. The van der Waals surface area contributed by atoms with E-state index in [0.717, 1.165) is 35.9 Å². The summed E-state index contributed by atoms with van der Waals surface area (Å²) in [6, 6.07) is 16.4. The van der Waals surface area contributed by atoms with Crippen molar-refractivity contribution in [1.29, 1.82) is 0 Å². The molecule has 1 saturated carbocycles. The summed E-state index contributed by atoms with van der Waals surface area (Å²) in [5.74, 6) is -1.28. The molecule has 0 spiro atoms. The molecule has 260 valence electrons. The second-order valence-electron chi connectivity index (χ2n) is 11.7. The molecule has 0 saturated heterocycles. The average Bonchev–Trinajstić information content (AvgIpc) is 3.74.